The lowest BCUT2D eigenvalue weighted by atomic mass is 9.83. The summed E-state index contributed by atoms with van der Waals surface area (Å²) in [4.78, 5) is 31.3. The van der Waals surface area contributed by atoms with Crippen LogP contribution in [0.2, 0.25) is 0 Å². The molecule has 1 saturated heterocycles. The first-order valence-electron chi connectivity index (χ1n) is 13.2. The van der Waals surface area contributed by atoms with Crippen molar-refractivity contribution in [2.75, 3.05) is 30.9 Å². The summed E-state index contributed by atoms with van der Waals surface area (Å²) in [6.07, 6.45) is 1.29. The normalized spacial score (nSPS) is 17.7. The van der Waals surface area contributed by atoms with Gasteiger partial charge in [-0.3, -0.25) is 9.59 Å². The van der Waals surface area contributed by atoms with Gasteiger partial charge in [0.25, 0.3) is 5.91 Å². The van der Waals surface area contributed by atoms with Gasteiger partial charge in [0, 0.05) is 32.0 Å². The molecule has 0 saturated carbocycles. The van der Waals surface area contributed by atoms with Gasteiger partial charge >= 0.3 is 0 Å². The monoisotopic (exact) mass is 515 g/mol. The molecule has 0 spiro atoms. The highest BCUT2D eigenvalue weighted by molar-refractivity contribution is 5.98. The van der Waals surface area contributed by atoms with Gasteiger partial charge < -0.3 is 15.1 Å². The predicted octanol–water partition coefficient (Wildman–Crippen LogP) is 6.73. The molecule has 200 valence electrons. The predicted molar refractivity (Wildman–Crippen MR) is 152 cm³/mol. The van der Waals surface area contributed by atoms with Gasteiger partial charge in [0.05, 0.1) is 17.5 Å². The van der Waals surface area contributed by atoms with Gasteiger partial charge in [-0.15, -0.1) is 0 Å². The van der Waals surface area contributed by atoms with Crippen molar-refractivity contribution in [2.45, 2.75) is 52.0 Å². The van der Waals surface area contributed by atoms with Gasteiger partial charge in [-0.2, -0.15) is 0 Å². The smallest absolute Gasteiger partial charge is 0.257 e. The number of amides is 2. The largest absolute Gasteiger partial charge is 0.378 e. The van der Waals surface area contributed by atoms with Gasteiger partial charge in [0.1, 0.15) is 5.82 Å². The van der Waals surface area contributed by atoms with Gasteiger partial charge in [-0.05, 0) is 72.2 Å². The van der Waals surface area contributed by atoms with Crippen molar-refractivity contribution in [1.29, 1.82) is 0 Å². The number of rotatable bonds is 5. The standard InChI is InChI=1S/C32H38FN3O2/c1-21-10-7-14-27(33)28(21)31(38)36-19-9-13-26(29(36)22-15-17-25(18-16-22)35(5)6)30(37)34-24-12-8-11-23(20-24)32(2,3)4/h7-8,10-12,14-18,20,26,29H,9,13,19H2,1-6H3,(H,34,37)/t26?,29-/m0/s1. The highest BCUT2D eigenvalue weighted by Gasteiger charge is 2.40. The molecule has 5 nitrogen and oxygen atoms in total. The van der Waals surface area contributed by atoms with Crippen LogP contribution in [0.25, 0.3) is 0 Å². The quantitative estimate of drug-likeness (QED) is 0.410. The molecular weight excluding hydrogens is 477 g/mol. The summed E-state index contributed by atoms with van der Waals surface area (Å²) >= 11 is 0. The number of piperidine rings is 1. The van der Waals surface area contributed by atoms with Crippen molar-refractivity contribution in [3.05, 3.63) is 94.8 Å². The Morgan fingerprint density at radius 3 is 2.32 bits per heavy atom. The summed E-state index contributed by atoms with van der Waals surface area (Å²) in [5, 5.41) is 3.12. The second kappa shape index (κ2) is 11.0. The molecule has 1 N–H and O–H groups in total. The van der Waals surface area contributed by atoms with Gasteiger partial charge in [0.15, 0.2) is 0 Å². The summed E-state index contributed by atoms with van der Waals surface area (Å²) in [5.74, 6) is -1.54. The van der Waals surface area contributed by atoms with E-state index in [1.54, 1.807) is 24.0 Å². The Bertz CT molecular complexity index is 1290. The molecule has 1 aliphatic rings. The van der Waals surface area contributed by atoms with Gasteiger partial charge in [-0.1, -0.05) is 57.2 Å². The Kier molecular flexibility index (Phi) is 7.91. The second-order valence-electron chi connectivity index (χ2n) is 11.4. The molecule has 1 fully saturated rings. The number of likely N-dealkylation sites (tertiary alicyclic amines) is 1. The summed E-state index contributed by atoms with van der Waals surface area (Å²) in [6.45, 7) is 8.60. The van der Waals surface area contributed by atoms with E-state index in [-0.39, 0.29) is 22.8 Å². The van der Waals surface area contributed by atoms with Crippen LogP contribution in [0.5, 0.6) is 0 Å². The molecular formula is C32H38FN3O2. The van der Waals surface area contributed by atoms with Crippen molar-refractivity contribution in [3.63, 3.8) is 0 Å². The first-order valence-corrected chi connectivity index (χ1v) is 13.2. The molecule has 0 aromatic heterocycles. The van der Waals surface area contributed by atoms with Crippen molar-refractivity contribution >= 4 is 23.2 Å². The van der Waals surface area contributed by atoms with Crippen LogP contribution in [0.1, 0.15) is 66.7 Å². The van der Waals surface area contributed by atoms with Crippen LogP contribution < -0.4 is 10.2 Å². The molecule has 1 heterocycles. The maximum absolute atomic E-state index is 14.9. The van der Waals surface area contributed by atoms with E-state index >= 15 is 0 Å². The second-order valence-corrected chi connectivity index (χ2v) is 11.4. The van der Waals surface area contributed by atoms with E-state index < -0.39 is 17.8 Å². The number of nitrogens with zero attached hydrogens (tertiary/aromatic N) is 2. The molecule has 0 radical (unpaired) electrons. The van der Waals surface area contributed by atoms with Crippen molar-refractivity contribution in [2.24, 2.45) is 5.92 Å². The summed E-state index contributed by atoms with van der Waals surface area (Å²) < 4.78 is 14.9. The van der Waals surface area contributed by atoms with Crippen molar-refractivity contribution < 1.29 is 14.0 Å². The van der Waals surface area contributed by atoms with Crippen LogP contribution in [0.3, 0.4) is 0 Å². The number of halogens is 1. The van der Waals surface area contributed by atoms with Crippen LogP contribution in [0, 0.1) is 18.7 Å². The number of benzene rings is 3. The van der Waals surface area contributed by atoms with E-state index in [1.165, 1.54) is 6.07 Å². The molecule has 2 amide bonds. The van der Waals surface area contributed by atoms with Gasteiger partial charge in [-0.25, -0.2) is 4.39 Å². The maximum Gasteiger partial charge on any atom is 0.257 e. The number of hydrogen-bond donors (Lipinski definition) is 1. The topological polar surface area (TPSA) is 52.7 Å². The number of aryl methyl sites for hydroxylation is 1. The number of anilines is 2. The van der Waals surface area contributed by atoms with E-state index in [9.17, 15) is 14.0 Å². The Morgan fingerprint density at radius 2 is 1.68 bits per heavy atom. The third kappa shape index (κ3) is 5.74. The lowest BCUT2D eigenvalue weighted by molar-refractivity contribution is -0.123. The summed E-state index contributed by atoms with van der Waals surface area (Å²) in [7, 11) is 3.93. The van der Waals surface area contributed by atoms with Crippen LogP contribution in [0.4, 0.5) is 15.8 Å². The molecule has 38 heavy (non-hydrogen) atoms. The van der Waals surface area contributed by atoms with Gasteiger partial charge in [0.2, 0.25) is 5.91 Å². The number of nitrogens with one attached hydrogen (secondary N) is 1. The number of hydrogen-bond acceptors (Lipinski definition) is 3. The number of carbonyl (C=O) groups is 2. The van der Waals surface area contributed by atoms with E-state index in [0.29, 0.717) is 24.9 Å². The maximum atomic E-state index is 14.9. The van der Waals surface area contributed by atoms with E-state index in [2.05, 4.69) is 32.2 Å². The Morgan fingerprint density at radius 1 is 1.00 bits per heavy atom. The summed E-state index contributed by atoms with van der Waals surface area (Å²) in [5.41, 5.74) is 4.35. The van der Waals surface area contributed by atoms with Crippen molar-refractivity contribution in [3.8, 4) is 0 Å². The zero-order chi connectivity index (χ0) is 27.6. The van der Waals surface area contributed by atoms with E-state index in [1.807, 2.05) is 61.5 Å². The first-order chi connectivity index (χ1) is 18.0. The Hall–Kier alpha value is -3.67. The average Bonchev–Trinajstić information content (AvgIpc) is 2.87. The minimum Gasteiger partial charge on any atom is -0.378 e. The fourth-order valence-corrected chi connectivity index (χ4v) is 5.22. The molecule has 1 aliphatic heterocycles. The van der Waals surface area contributed by atoms with Crippen molar-refractivity contribution in [1.82, 2.24) is 4.90 Å². The fraction of sp³-hybridized carbons (Fsp3) is 0.375. The minimum absolute atomic E-state index is 0.0524. The molecule has 4 rings (SSSR count). The highest BCUT2D eigenvalue weighted by Crippen LogP contribution is 2.39. The molecule has 3 aromatic rings. The lowest BCUT2D eigenvalue weighted by Crippen LogP contribution is -2.46. The van der Waals surface area contributed by atoms with Crippen LogP contribution >= 0.6 is 0 Å². The Labute approximate surface area is 225 Å². The van der Waals surface area contributed by atoms with E-state index in [4.69, 9.17) is 0 Å². The molecule has 0 aliphatic carbocycles. The van der Waals surface area contributed by atoms with Crippen LogP contribution in [-0.2, 0) is 10.2 Å². The summed E-state index contributed by atoms with van der Waals surface area (Å²) in [6, 6.07) is 20.0. The zero-order valence-corrected chi connectivity index (χ0v) is 23.2. The molecule has 0 bridgehead atoms. The average molecular weight is 516 g/mol. The zero-order valence-electron chi connectivity index (χ0n) is 23.2. The molecule has 2 atom stereocenters. The van der Waals surface area contributed by atoms with E-state index in [0.717, 1.165) is 22.5 Å². The third-order valence-corrected chi connectivity index (χ3v) is 7.41. The minimum atomic E-state index is -0.540. The first kappa shape index (κ1) is 27.4. The highest BCUT2D eigenvalue weighted by atomic mass is 19.1. The molecule has 3 aromatic carbocycles. The fourth-order valence-electron chi connectivity index (χ4n) is 5.22. The molecule has 6 heteroatoms. The van der Waals surface area contributed by atoms with Crippen LogP contribution in [-0.4, -0.2) is 37.4 Å². The molecule has 1 unspecified atom stereocenters. The SMILES string of the molecule is Cc1cccc(F)c1C(=O)N1CCCC(C(=O)Nc2cccc(C(C)(C)C)c2)[C@@H]1c1ccc(N(C)C)cc1. The number of carbonyl (C=O) groups excluding carboxylic acids is 2. The van der Waals surface area contributed by atoms with Crippen LogP contribution in [0.15, 0.2) is 66.7 Å². The Balaban J connectivity index is 1.72. The lowest BCUT2D eigenvalue weighted by Gasteiger charge is -2.41. The third-order valence-electron chi connectivity index (χ3n) is 7.41.